The van der Waals surface area contributed by atoms with Gasteiger partial charge >= 0.3 is 0 Å². The Balaban J connectivity index is 1.82. The van der Waals surface area contributed by atoms with Crippen molar-refractivity contribution in [3.8, 4) is 5.75 Å². The van der Waals surface area contributed by atoms with Gasteiger partial charge in [0.05, 0.1) is 13.3 Å². The second-order valence-electron chi connectivity index (χ2n) is 8.43. The lowest BCUT2D eigenvalue weighted by Crippen LogP contribution is -2.48. The van der Waals surface area contributed by atoms with Gasteiger partial charge in [-0.05, 0) is 68.5 Å². The van der Waals surface area contributed by atoms with Crippen LogP contribution in [-0.2, 0) is 0 Å². The number of carbonyl (C=O) groups excluding carboxylic acids is 1. The largest absolute Gasteiger partial charge is 0.497 e. The third kappa shape index (κ3) is 4.48. The van der Waals surface area contributed by atoms with Gasteiger partial charge in [0, 0.05) is 28.9 Å². The van der Waals surface area contributed by atoms with Gasteiger partial charge in [-0.25, -0.2) is 9.82 Å². The summed E-state index contributed by atoms with van der Waals surface area (Å²) in [5, 5.41) is 3.97. The number of nitrogens with one attached hydrogen (secondary N) is 1. The number of fused-ring (bicyclic) bond motifs is 1. The molecule has 30 heavy (non-hydrogen) atoms. The lowest BCUT2D eigenvalue weighted by molar-refractivity contribution is 0.0954. The van der Waals surface area contributed by atoms with Crippen molar-refractivity contribution in [1.29, 1.82) is 0 Å². The molecule has 0 saturated heterocycles. The second kappa shape index (κ2) is 8.86. The number of amides is 1. The van der Waals surface area contributed by atoms with Crippen LogP contribution in [0.1, 0.15) is 67.9 Å². The number of ether oxygens (including phenoxy) is 1. The predicted octanol–water partition coefficient (Wildman–Crippen LogP) is 5.10. The molecule has 0 aliphatic carbocycles. The number of hydrazone groups is 1. The maximum absolute atomic E-state index is 14.9. The molecule has 5 nitrogen and oxygen atoms in total. The molecule has 1 atom stereocenters. The van der Waals surface area contributed by atoms with Crippen molar-refractivity contribution in [2.45, 2.75) is 52.0 Å². The molecular formula is C24H30FN3O2. The number of halogens is 1. The van der Waals surface area contributed by atoms with E-state index in [1.165, 1.54) is 13.3 Å². The van der Waals surface area contributed by atoms with Gasteiger partial charge in [0.15, 0.2) is 0 Å². The van der Waals surface area contributed by atoms with Crippen molar-refractivity contribution in [1.82, 2.24) is 5.43 Å². The molecule has 0 fully saturated rings. The lowest BCUT2D eigenvalue weighted by Gasteiger charge is -2.47. The van der Waals surface area contributed by atoms with Crippen molar-refractivity contribution < 1.29 is 13.9 Å². The standard InChI is InChI=1S/C24H30FN3O2/c1-6-10-28-22-13-21(25)18(12-20(22)16(2)14-24(28,3)4)15-26-27-23(29)17-8-7-9-19(11-17)30-5/h7-9,11-13,15-16H,6,10,14H2,1-5H3,(H,27,29)/b26-15-. The van der Waals surface area contributed by atoms with E-state index in [1.54, 1.807) is 30.3 Å². The third-order valence-electron chi connectivity index (χ3n) is 5.65. The van der Waals surface area contributed by atoms with Crippen LogP contribution in [0.15, 0.2) is 41.5 Å². The first kappa shape index (κ1) is 21.8. The van der Waals surface area contributed by atoms with E-state index in [0.29, 0.717) is 22.8 Å². The van der Waals surface area contributed by atoms with Gasteiger partial charge in [-0.3, -0.25) is 4.79 Å². The summed E-state index contributed by atoms with van der Waals surface area (Å²) in [6.45, 7) is 9.62. The predicted molar refractivity (Wildman–Crippen MR) is 119 cm³/mol. The van der Waals surface area contributed by atoms with Crippen LogP contribution >= 0.6 is 0 Å². The number of hydrogen-bond acceptors (Lipinski definition) is 4. The van der Waals surface area contributed by atoms with Gasteiger partial charge in [-0.2, -0.15) is 5.10 Å². The number of anilines is 1. The summed E-state index contributed by atoms with van der Waals surface area (Å²) in [5.74, 6) is 0.162. The average molecular weight is 412 g/mol. The van der Waals surface area contributed by atoms with Crippen LogP contribution in [0, 0.1) is 5.82 Å². The first-order valence-electron chi connectivity index (χ1n) is 10.4. The first-order valence-corrected chi connectivity index (χ1v) is 10.4. The zero-order valence-electron chi connectivity index (χ0n) is 18.3. The minimum absolute atomic E-state index is 0.0187. The Bertz CT molecular complexity index is 955. The fourth-order valence-electron chi connectivity index (χ4n) is 4.26. The van der Waals surface area contributed by atoms with Crippen molar-refractivity contribution in [2.24, 2.45) is 5.10 Å². The quantitative estimate of drug-likeness (QED) is 0.531. The summed E-state index contributed by atoms with van der Waals surface area (Å²) in [5.41, 5.74) is 5.29. The molecule has 0 bridgehead atoms. The molecule has 1 heterocycles. The molecular weight excluding hydrogens is 381 g/mol. The van der Waals surface area contributed by atoms with E-state index in [0.717, 1.165) is 30.6 Å². The molecule has 1 aliphatic rings. The van der Waals surface area contributed by atoms with Gasteiger partial charge in [-0.1, -0.05) is 19.9 Å². The molecule has 1 aliphatic heterocycles. The minimum atomic E-state index is -0.382. The molecule has 1 N–H and O–H groups in total. The Morgan fingerprint density at radius 3 is 2.83 bits per heavy atom. The summed E-state index contributed by atoms with van der Waals surface area (Å²) in [7, 11) is 1.54. The number of hydrogen-bond donors (Lipinski definition) is 1. The summed E-state index contributed by atoms with van der Waals surface area (Å²) in [6, 6.07) is 10.2. The van der Waals surface area contributed by atoms with E-state index in [4.69, 9.17) is 4.74 Å². The molecule has 3 rings (SSSR count). The zero-order chi connectivity index (χ0) is 21.9. The van der Waals surface area contributed by atoms with E-state index in [9.17, 15) is 9.18 Å². The van der Waals surface area contributed by atoms with Crippen LogP contribution < -0.4 is 15.1 Å². The Labute approximate surface area is 177 Å². The van der Waals surface area contributed by atoms with Crippen LogP contribution in [0.4, 0.5) is 10.1 Å². The molecule has 0 spiro atoms. The Morgan fingerprint density at radius 1 is 1.37 bits per heavy atom. The molecule has 1 unspecified atom stereocenters. The molecule has 1 amide bonds. The van der Waals surface area contributed by atoms with Crippen molar-refractivity contribution >= 4 is 17.8 Å². The zero-order valence-corrected chi connectivity index (χ0v) is 18.3. The maximum atomic E-state index is 14.9. The van der Waals surface area contributed by atoms with Gasteiger partial charge in [0.2, 0.25) is 0 Å². The normalized spacial score (nSPS) is 17.7. The fourth-order valence-corrected chi connectivity index (χ4v) is 4.26. The van der Waals surface area contributed by atoms with E-state index < -0.39 is 0 Å². The van der Waals surface area contributed by atoms with Gasteiger partial charge in [-0.15, -0.1) is 0 Å². The van der Waals surface area contributed by atoms with Crippen molar-refractivity contribution in [3.05, 3.63) is 58.9 Å². The minimum Gasteiger partial charge on any atom is -0.497 e. The highest BCUT2D eigenvalue weighted by atomic mass is 19.1. The molecule has 6 heteroatoms. The molecule has 0 radical (unpaired) electrons. The Hall–Kier alpha value is -2.89. The van der Waals surface area contributed by atoms with Crippen LogP contribution in [0.5, 0.6) is 5.75 Å². The highest BCUT2D eigenvalue weighted by Gasteiger charge is 2.36. The number of rotatable bonds is 6. The maximum Gasteiger partial charge on any atom is 0.271 e. The topological polar surface area (TPSA) is 53.9 Å². The van der Waals surface area contributed by atoms with Gasteiger partial charge in [0.25, 0.3) is 5.91 Å². The molecule has 2 aromatic carbocycles. The van der Waals surface area contributed by atoms with E-state index in [2.05, 4.69) is 43.1 Å². The van der Waals surface area contributed by atoms with E-state index >= 15 is 0 Å². The number of nitrogens with zero attached hydrogens (tertiary/aromatic N) is 2. The SMILES string of the molecule is CCCN1c2cc(F)c(/C=N\NC(=O)c3cccc(OC)c3)cc2C(C)CC1(C)C. The molecule has 0 aromatic heterocycles. The summed E-state index contributed by atoms with van der Waals surface area (Å²) < 4.78 is 20.0. The number of methoxy groups -OCH3 is 1. The summed E-state index contributed by atoms with van der Waals surface area (Å²) >= 11 is 0. The van der Waals surface area contributed by atoms with Crippen LogP contribution in [0.25, 0.3) is 0 Å². The van der Waals surface area contributed by atoms with Crippen LogP contribution in [0.2, 0.25) is 0 Å². The summed E-state index contributed by atoms with van der Waals surface area (Å²) in [4.78, 5) is 14.6. The number of carbonyl (C=O) groups is 1. The number of benzene rings is 2. The molecule has 160 valence electrons. The smallest absolute Gasteiger partial charge is 0.271 e. The summed E-state index contributed by atoms with van der Waals surface area (Å²) in [6.07, 6.45) is 3.36. The van der Waals surface area contributed by atoms with E-state index in [1.807, 2.05) is 6.07 Å². The highest BCUT2D eigenvalue weighted by Crippen LogP contribution is 2.44. The van der Waals surface area contributed by atoms with Gasteiger partial charge in [0.1, 0.15) is 11.6 Å². The lowest BCUT2D eigenvalue weighted by atomic mass is 9.79. The van der Waals surface area contributed by atoms with Crippen LogP contribution in [-0.4, -0.2) is 31.3 Å². The van der Waals surface area contributed by atoms with Crippen molar-refractivity contribution in [2.75, 3.05) is 18.6 Å². The Morgan fingerprint density at radius 2 is 2.13 bits per heavy atom. The monoisotopic (exact) mass is 411 g/mol. The van der Waals surface area contributed by atoms with Crippen molar-refractivity contribution in [3.63, 3.8) is 0 Å². The van der Waals surface area contributed by atoms with Gasteiger partial charge < -0.3 is 9.64 Å². The fraction of sp³-hybridized carbons (Fsp3) is 0.417. The van der Waals surface area contributed by atoms with E-state index in [-0.39, 0.29) is 17.3 Å². The molecule has 2 aromatic rings. The average Bonchev–Trinajstić information content (AvgIpc) is 2.71. The third-order valence-corrected chi connectivity index (χ3v) is 5.65. The molecule has 0 saturated carbocycles. The first-order chi connectivity index (χ1) is 14.3. The Kier molecular flexibility index (Phi) is 6.44. The highest BCUT2D eigenvalue weighted by molar-refractivity contribution is 5.95. The van der Waals surface area contributed by atoms with Crippen LogP contribution in [0.3, 0.4) is 0 Å². The second-order valence-corrected chi connectivity index (χ2v) is 8.43.